The average Bonchev–Trinajstić information content (AvgIpc) is 2.98. The molecule has 124 valence electrons. The molecule has 0 spiro atoms. The number of benzene rings is 2. The minimum atomic E-state index is -3.60. The molecule has 1 heterocycles. The number of sulfonamides is 1. The smallest absolute Gasteiger partial charge is 0.219 e. The lowest BCUT2D eigenvalue weighted by atomic mass is 10.00. The van der Waals surface area contributed by atoms with E-state index in [4.69, 9.17) is 4.52 Å². The summed E-state index contributed by atoms with van der Waals surface area (Å²) in [6.45, 7) is 1.75. The van der Waals surface area contributed by atoms with Crippen molar-refractivity contribution in [2.75, 3.05) is 0 Å². The van der Waals surface area contributed by atoms with E-state index in [0.29, 0.717) is 11.5 Å². The van der Waals surface area contributed by atoms with E-state index in [9.17, 15) is 8.42 Å². The molecule has 0 fully saturated rings. The number of hydrogen-bond donors (Lipinski definition) is 1. The first-order valence-corrected chi connectivity index (χ1v) is 9.21. The molecule has 0 atom stereocenters. The van der Waals surface area contributed by atoms with Crippen molar-refractivity contribution in [3.8, 4) is 0 Å². The molecular formula is C18H18N2O3S. The molecule has 0 saturated heterocycles. The Kier molecular flexibility index (Phi) is 4.78. The molecule has 24 heavy (non-hydrogen) atoms. The van der Waals surface area contributed by atoms with Crippen molar-refractivity contribution in [3.63, 3.8) is 0 Å². The molecule has 0 saturated carbocycles. The summed E-state index contributed by atoms with van der Waals surface area (Å²) >= 11 is 0. The minimum absolute atomic E-state index is 0.246. The molecular weight excluding hydrogens is 324 g/mol. The molecule has 0 amide bonds. The molecule has 3 aromatic rings. The number of aromatic nitrogens is 1. The van der Waals surface area contributed by atoms with Crippen molar-refractivity contribution in [2.45, 2.75) is 18.7 Å². The van der Waals surface area contributed by atoms with E-state index in [-0.39, 0.29) is 5.75 Å². The first kappa shape index (κ1) is 16.4. The Bertz CT molecular complexity index is 851. The highest BCUT2D eigenvalue weighted by Crippen LogP contribution is 2.23. The Balaban J connectivity index is 1.89. The summed E-state index contributed by atoms with van der Waals surface area (Å²) in [6, 6.07) is 20.1. The first-order valence-electron chi connectivity index (χ1n) is 7.55. The number of hydrogen-bond acceptors (Lipinski definition) is 4. The lowest BCUT2D eigenvalue weighted by molar-refractivity contribution is 0.388. The zero-order valence-corrected chi connectivity index (χ0v) is 14.0. The van der Waals surface area contributed by atoms with Crippen LogP contribution in [0.25, 0.3) is 0 Å². The SMILES string of the molecule is Cc1cc(CS(=O)(=O)NC(c2ccccc2)c2ccccc2)on1. The Labute approximate surface area is 141 Å². The van der Waals surface area contributed by atoms with Gasteiger partial charge in [0.05, 0.1) is 11.7 Å². The number of nitrogens with zero attached hydrogens (tertiary/aromatic N) is 1. The molecule has 2 aromatic carbocycles. The molecule has 5 nitrogen and oxygen atoms in total. The number of nitrogens with one attached hydrogen (secondary N) is 1. The Morgan fingerprint density at radius 3 is 2.00 bits per heavy atom. The second-order valence-electron chi connectivity index (χ2n) is 5.57. The van der Waals surface area contributed by atoms with Crippen LogP contribution in [0.5, 0.6) is 0 Å². The van der Waals surface area contributed by atoms with E-state index in [1.807, 2.05) is 60.7 Å². The molecule has 6 heteroatoms. The fourth-order valence-corrected chi connectivity index (χ4v) is 3.74. The van der Waals surface area contributed by atoms with Crippen LogP contribution in [0.1, 0.15) is 28.6 Å². The van der Waals surface area contributed by atoms with Gasteiger partial charge in [-0.1, -0.05) is 65.8 Å². The van der Waals surface area contributed by atoms with Crippen LogP contribution >= 0.6 is 0 Å². The quantitative estimate of drug-likeness (QED) is 0.747. The van der Waals surface area contributed by atoms with Gasteiger partial charge in [-0.15, -0.1) is 0 Å². The maximum atomic E-state index is 12.6. The van der Waals surface area contributed by atoms with E-state index in [1.54, 1.807) is 13.0 Å². The van der Waals surface area contributed by atoms with Crippen LogP contribution in [0.4, 0.5) is 0 Å². The lowest BCUT2D eigenvalue weighted by Gasteiger charge is -2.19. The maximum absolute atomic E-state index is 12.6. The molecule has 0 aliphatic rings. The Hall–Kier alpha value is -2.44. The van der Waals surface area contributed by atoms with Crippen molar-refractivity contribution in [2.24, 2.45) is 0 Å². The largest absolute Gasteiger partial charge is 0.360 e. The van der Waals surface area contributed by atoms with Crippen LogP contribution in [0, 0.1) is 6.92 Å². The number of rotatable bonds is 6. The Morgan fingerprint density at radius 2 is 1.54 bits per heavy atom. The highest BCUT2D eigenvalue weighted by Gasteiger charge is 2.22. The standard InChI is InChI=1S/C18H18N2O3S/c1-14-12-17(23-19-14)13-24(21,22)20-18(15-8-4-2-5-9-15)16-10-6-3-7-11-16/h2-12,18,20H,13H2,1H3. The fraction of sp³-hybridized carbons (Fsp3) is 0.167. The summed E-state index contributed by atoms with van der Waals surface area (Å²) in [7, 11) is -3.60. The van der Waals surface area contributed by atoms with Gasteiger partial charge in [-0.05, 0) is 18.1 Å². The van der Waals surface area contributed by atoms with Crippen LogP contribution in [0.2, 0.25) is 0 Å². The monoisotopic (exact) mass is 342 g/mol. The van der Waals surface area contributed by atoms with Crippen molar-refractivity contribution in [3.05, 3.63) is 89.3 Å². The van der Waals surface area contributed by atoms with E-state index >= 15 is 0 Å². The predicted molar refractivity (Wildman–Crippen MR) is 91.7 cm³/mol. The maximum Gasteiger partial charge on any atom is 0.219 e. The lowest BCUT2D eigenvalue weighted by Crippen LogP contribution is -2.30. The summed E-state index contributed by atoms with van der Waals surface area (Å²) in [6.07, 6.45) is 0. The molecule has 0 aliphatic carbocycles. The van der Waals surface area contributed by atoms with Gasteiger partial charge >= 0.3 is 0 Å². The second-order valence-corrected chi connectivity index (χ2v) is 7.32. The summed E-state index contributed by atoms with van der Waals surface area (Å²) in [4.78, 5) is 0. The van der Waals surface area contributed by atoms with Gasteiger partial charge in [0, 0.05) is 6.07 Å². The van der Waals surface area contributed by atoms with E-state index < -0.39 is 16.1 Å². The number of aryl methyl sites for hydroxylation is 1. The van der Waals surface area contributed by atoms with E-state index in [1.165, 1.54) is 0 Å². The van der Waals surface area contributed by atoms with E-state index in [0.717, 1.165) is 11.1 Å². The molecule has 0 unspecified atom stereocenters. The highest BCUT2D eigenvalue weighted by molar-refractivity contribution is 7.88. The van der Waals surface area contributed by atoms with Gasteiger partial charge in [0.15, 0.2) is 5.76 Å². The van der Waals surface area contributed by atoms with Crippen LogP contribution < -0.4 is 4.72 Å². The summed E-state index contributed by atoms with van der Waals surface area (Å²) in [5, 5.41) is 3.73. The van der Waals surface area contributed by atoms with Crippen molar-refractivity contribution < 1.29 is 12.9 Å². The summed E-state index contributed by atoms with van der Waals surface area (Å²) in [5.41, 5.74) is 2.41. The Morgan fingerprint density at radius 1 is 1.00 bits per heavy atom. The van der Waals surface area contributed by atoms with Crippen molar-refractivity contribution in [1.82, 2.24) is 9.88 Å². The molecule has 1 N–H and O–H groups in total. The van der Waals surface area contributed by atoms with Gasteiger partial charge in [-0.25, -0.2) is 13.1 Å². The molecule has 0 aliphatic heterocycles. The second kappa shape index (κ2) is 6.98. The van der Waals surface area contributed by atoms with Crippen LogP contribution in [-0.2, 0) is 15.8 Å². The van der Waals surface area contributed by atoms with Gasteiger partial charge in [-0.3, -0.25) is 0 Å². The minimum Gasteiger partial charge on any atom is -0.360 e. The third kappa shape index (κ3) is 4.10. The topological polar surface area (TPSA) is 72.2 Å². The third-order valence-electron chi connectivity index (χ3n) is 3.57. The van der Waals surface area contributed by atoms with Crippen molar-refractivity contribution >= 4 is 10.0 Å². The zero-order chi connectivity index (χ0) is 17.0. The first-order chi connectivity index (χ1) is 11.5. The third-order valence-corrected chi connectivity index (χ3v) is 4.83. The fourth-order valence-electron chi connectivity index (χ4n) is 2.51. The molecule has 3 rings (SSSR count). The summed E-state index contributed by atoms with van der Waals surface area (Å²) in [5.74, 6) is 0.0733. The van der Waals surface area contributed by atoms with Crippen LogP contribution in [0.15, 0.2) is 71.3 Å². The van der Waals surface area contributed by atoms with Gasteiger partial charge in [0.2, 0.25) is 10.0 Å². The molecule has 0 radical (unpaired) electrons. The highest BCUT2D eigenvalue weighted by atomic mass is 32.2. The van der Waals surface area contributed by atoms with Gasteiger partial charge in [0.1, 0.15) is 5.75 Å². The molecule has 1 aromatic heterocycles. The van der Waals surface area contributed by atoms with E-state index in [2.05, 4.69) is 9.88 Å². The summed E-state index contributed by atoms with van der Waals surface area (Å²) < 4.78 is 32.9. The van der Waals surface area contributed by atoms with Gasteiger partial charge < -0.3 is 4.52 Å². The predicted octanol–water partition coefficient (Wildman–Crippen LogP) is 3.19. The zero-order valence-electron chi connectivity index (χ0n) is 13.2. The molecule has 0 bridgehead atoms. The van der Waals surface area contributed by atoms with Gasteiger partial charge in [0.25, 0.3) is 0 Å². The van der Waals surface area contributed by atoms with Crippen molar-refractivity contribution in [1.29, 1.82) is 0 Å². The normalized spacial score (nSPS) is 11.8. The van der Waals surface area contributed by atoms with Crippen LogP contribution in [-0.4, -0.2) is 13.6 Å². The van der Waals surface area contributed by atoms with Crippen LogP contribution in [0.3, 0.4) is 0 Å². The average molecular weight is 342 g/mol. The van der Waals surface area contributed by atoms with Gasteiger partial charge in [-0.2, -0.15) is 0 Å².